The molecule has 0 spiro atoms. The zero-order valence-electron chi connectivity index (χ0n) is 16.9. The highest BCUT2D eigenvalue weighted by Crippen LogP contribution is 2.38. The third-order valence-electron chi connectivity index (χ3n) is 6.14. The standard InChI is InChI=1S/C23H36O4/c1-3-18-15-20(16-18)22(25)12-10-19-11-13-23(26)21(19)9-7-5-4-6-8-14-27-17(2)24/h10-13,18-22,25H,3-9,14-16H2,1-2H3/b12-10+/t18?,19-,20?,21+,22+/m0/s1. The highest BCUT2D eigenvalue weighted by atomic mass is 16.5. The molecule has 4 nitrogen and oxygen atoms in total. The van der Waals surface area contributed by atoms with E-state index in [1.165, 1.54) is 13.3 Å². The van der Waals surface area contributed by atoms with Crippen LogP contribution < -0.4 is 0 Å². The Labute approximate surface area is 164 Å². The van der Waals surface area contributed by atoms with Crippen LogP contribution in [0, 0.1) is 23.7 Å². The van der Waals surface area contributed by atoms with E-state index in [2.05, 4.69) is 13.0 Å². The Morgan fingerprint density at radius 2 is 1.96 bits per heavy atom. The number of carbonyl (C=O) groups excluding carboxylic acids is 2. The fourth-order valence-corrected chi connectivity index (χ4v) is 4.20. The van der Waals surface area contributed by atoms with E-state index in [1.807, 2.05) is 12.2 Å². The largest absolute Gasteiger partial charge is 0.466 e. The number of aliphatic hydroxyl groups is 1. The maximum absolute atomic E-state index is 12.1. The van der Waals surface area contributed by atoms with Gasteiger partial charge in [0.15, 0.2) is 5.78 Å². The van der Waals surface area contributed by atoms with Gasteiger partial charge in [-0.2, -0.15) is 0 Å². The van der Waals surface area contributed by atoms with Crippen molar-refractivity contribution in [3.63, 3.8) is 0 Å². The highest BCUT2D eigenvalue weighted by Gasteiger charge is 2.32. The maximum atomic E-state index is 12.1. The summed E-state index contributed by atoms with van der Waals surface area (Å²) >= 11 is 0. The molecule has 1 N–H and O–H groups in total. The molecule has 0 unspecified atom stereocenters. The van der Waals surface area contributed by atoms with E-state index in [0.717, 1.165) is 57.3 Å². The summed E-state index contributed by atoms with van der Waals surface area (Å²) in [5, 5.41) is 10.3. The van der Waals surface area contributed by atoms with E-state index < -0.39 is 0 Å². The average molecular weight is 377 g/mol. The first kappa shape index (κ1) is 21.9. The van der Waals surface area contributed by atoms with Crippen LogP contribution in [0.4, 0.5) is 0 Å². The van der Waals surface area contributed by atoms with E-state index in [4.69, 9.17) is 4.74 Å². The molecule has 0 radical (unpaired) electrons. The van der Waals surface area contributed by atoms with Crippen LogP contribution in [0.2, 0.25) is 0 Å². The fraction of sp³-hybridized carbons (Fsp3) is 0.739. The van der Waals surface area contributed by atoms with Crippen LogP contribution in [0.3, 0.4) is 0 Å². The quantitative estimate of drug-likeness (QED) is 0.307. The van der Waals surface area contributed by atoms with Gasteiger partial charge in [0.2, 0.25) is 0 Å². The van der Waals surface area contributed by atoms with Crippen LogP contribution >= 0.6 is 0 Å². The summed E-state index contributed by atoms with van der Waals surface area (Å²) in [5.41, 5.74) is 0. The number of hydrogen-bond donors (Lipinski definition) is 1. The van der Waals surface area contributed by atoms with Gasteiger partial charge in [-0.25, -0.2) is 0 Å². The van der Waals surface area contributed by atoms with Crippen molar-refractivity contribution in [1.29, 1.82) is 0 Å². The molecule has 1 saturated carbocycles. The monoisotopic (exact) mass is 376 g/mol. The van der Waals surface area contributed by atoms with Crippen molar-refractivity contribution in [3.8, 4) is 0 Å². The van der Waals surface area contributed by atoms with Gasteiger partial charge in [0.05, 0.1) is 12.7 Å². The van der Waals surface area contributed by atoms with Crippen molar-refractivity contribution < 1.29 is 19.4 Å². The smallest absolute Gasteiger partial charge is 0.302 e. The Hall–Kier alpha value is -1.42. The molecule has 2 rings (SSSR count). The molecular weight excluding hydrogens is 340 g/mol. The van der Waals surface area contributed by atoms with E-state index in [1.54, 1.807) is 6.08 Å². The molecule has 152 valence electrons. The summed E-state index contributed by atoms with van der Waals surface area (Å²) < 4.78 is 4.93. The van der Waals surface area contributed by atoms with E-state index in [-0.39, 0.29) is 29.7 Å². The molecule has 4 heteroatoms. The second kappa shape index (κ2) is 11.4. The van der Waals surface area contributed by atoms with Gasteiger partial charge >= 0.3 is 5.97 Å². The van der Waals surface area contributed by atoms with Gasteiger partial charge in [-0.1, -0.05) is 57.3 Å². The van der Waals surface area contributed by atoms with Gasteiger partial charge in [0, 0.05) is 18.8 Å². The molecule has 27 heavy (non-hydrogen) atoms. The minimum absolute atomic E-state index is 0.0410. The maximum Gasteiger partial charge on any atom is 0.302 e. The van der Waals surface area contributed by atoms with E-state index in [0.29, 0.717) is 12.5 Å². The molecule has 0 heterocycles. The minimum atomic E-state index is -0.366. The van der Waals surface area contributed by atoms with Gasteiger partial charge in [-0.15, -0.1) is 0 Å². The van der Waals surface area contributed by atoms with Crippen molar-refractivity contribution >= 4 is 11.8 Å². The SMILES string of the molecule is CCC1CC([C@H](O)/C=C/[C@H]2C=CC(=O)[C@@H]2CCCCCCCOC(C)=O)C1. The molecular formula is C23H36O4. The fourth-order valence-electron chi connectivity index (χ4n) is 4.20. The molecule has 1 fully saturated rings. The zero-order chi connectivity index (χ0) is 19.6. The Kier molecular flexibility index (Phi) is 9.26. The highest BCUT2D eigenvalue weighted by molar-refractivity contribution is 5.94. The van der Waals surface area contributed by atoms with Crippen LogP contribution in [0.15, 0.2) is 24.3 Å². The molecule has 0 aromatic heterocycles. The second-order valence-electron chi connectivity index (χ2n) is 8.22. The Bertz CT molecular complexity index is 530. The molecule has 0 bridgehead atoms. The molecule has 0 saturated heterocycles. The van der Waals surface area contributed by atoms with E-state index in [9.17, 15) is 14.7 Å². The van der Waals surface area contributed by atoms with Crippen molar-refractivity contribution in [1.82, 2.24) is 0 Å². The molecule has 2 aliphatic carbocycles. The second-order valence-corrected chi connectivity index (χ2v) is 8.22. The number of unbranched alkanes of at least 4 members (excludes halogenated alkanes) is 4. The number of ether oxygens (including phenoxy) is 1. The molecule has 0 amide bonds. The Morgan fingerprint density at radius 1 is 1.26 bits per heavy atom. The summed E-state index contributed by atoms with van der Waals surface area (Å²) in [7, 11) is 0. The molecule has 0 aliphatic heterocycles. The minimum Gasteiger partial charge on any atom is -0.466 e. The molecule has 0 aromatic rings. The van der Waals surface area contributed by atoms with Gasteiger partial charge < -0.3 is 9.84 Å². The first-order valence-electron chi connectivity index (χ1n) is 10.7. The van der Waals surface area contributed by atoms with Crippen molar-refractivity contribution in [2.45, 2.75) is 77.7 Å². The van der Waals surface area contributed by atoms with Crippen molar-refractivity contribution in [2.24, 2.45) is 23.7 Å². The summed E-state index contributed by atoms with van der Waals surface area (Å²) in [6.07, 6.45) is 16.9. The number of allylic oxidation sites excluding steroid dienone is 3. The lowest BCUT2D eigenvalue weighted by molar-refractivity contribution is -0.141. The Morgan fingerprint density at radius 3 is 2.67 bits per heavy atom. The summed E-state index contributed by atoms with van der Waals surface area (Å²) in [6.45, 7) is 4.16. The predicted molar refractivity (Wildman–Crippen MR) is 107 cm³/mol. The summed E-state index contributed by atoms with van der Waals surface area (Å²) in [6, 6.07) is 0. The molecule has 3 atom stereocenters. The lowest BCUT2D eigenvalue weighted by atomic mass is 9.71. The Balaban J connectivity index is 1.63. The lowest BCUT2D eigenvalue weighted by Gasteiger charge is -2.37. The van der Waals surface area contributed by atoms with Crippen LogP contribution in [0.5, 0.6) is 0 Å². The number of aliphatic hydroxyl groups excluding tert-OH is 1. The first-order valence-corrected chi connectivity index (χ1v) is 10.7. The van der Waals surface area contributed by atoms with Gasteiger partial charge in [-0.3, -0.25) is 9.59 Å². The first-order chi connectivity index (χ1) is 13.0. The van der Waals surface area contributed by atoms with Gasteiger partial charge in [-0.05, 0) is 43.6 Å². The van der Waals surface area contributed by atoms with Crippen LogP contribution in [0.25, 0.3) is 0 Å². The number of rotatable bonds is 12. The lowest BCUT2D eigenvalue weighted by Crippen LogP contribution is -2.32. The van der Waals surface area contributed by atoms with E-state index >= 15 is 0 Å². The number of carbonyl (C=O) groups is 2. The van der Waals surface area contributed by atoms with Gasteiger partial charge in [0.1, 0.15) is 0 Å². The zero-order valence-corrected chi connectivity index (χ0v) is 16.9. The normalized spacial score (nSPS) is 28.5. The van der Waals surface area contributed by atoms with Gasteiger partial charge in [0.25, 0.3) is 0 Å². The third-order valence-corrected chi connectivity index (χ3v) is 6.14. The average Bonchev–Trinajstić information content (AvgIpc) is 2.94. The number of hydrogen-bond acceptors (Lipinski definition) is 4. The van der Waals surface area contributed by atoms with Crippen LogP contribution in [0.1, 0.15) is 71.6 Å². The van der Waals surface area contributed by atoms with Crippen LogP contribution in [-0.2, 0) is 14.3 Å². The van der Waals surface area contributed by atoms with Crippen molar-refractivity contribution in [3.05, 3.63) is 24.3 Å². The summed E-state index contributed by atoms with van der Waals surface area (Å²) in [5.74, 6) is 1.38. The predicted octanol–water partition coefficient (Wildman–Crippen LogP) is 4.61. The van der Waals surface area contributed by atoms with Crippen molar-refractivity contribution in [2.75, 3.05) is 6.61 Å². The number of esters is 1. The molecule has 2 aliphatic rings. The summed E-state index contributed by atoms with van der Waals surface area (Å²) in [4.78, 5) is 22.8. The third kappa shape index (κ3) is 7.25. The van der Waals surface area contributed by atoms with Crippen LogP contribution in [-0.4, -0.2) is 29.6 Å². The molecule has 0 aromatic carbocycles. The number of ketones is 1. The topological polar surface area (TPSA) is 63.6 Å².